The summed E-state index contributed by atoms with van der Waals surface area (Å²) < 4.78 is 11.6. The lowest BCUT2D eigenvalue weighted by atomic mass is 9.57. The van der Waals surface area contributed by atoms with Crippen LogP contribution in [0.5, 0.6) is 5.75 Å². The van der Waals surface area contributed by atoms with Crippen LogP contribution in [-0.4, -0.2) is 44.4 Å². The number of hydrogen-bond acceptors (Lipinski definition) is 3. The van der Waals surface area contributed by atoms with E-state index in [0.717, 1.165) is 31.3 Å². The van der Waals surface area contributed by atoms with Crippen LogP contribution in [0.25, 0.3) is 0 Å². The predicted molar refractivity (Wildman–Crippen MR) is 112 cm³/mol. The maximum Gasteiger partial charge on any atom is 0.191 e. The molecule has 2 fully saturated rings. The first kappa shape index (κ1) is 20.3. The van der Waals surface area contributed by atoms with Gasteiger partial charge in [-0.25, -0.2) is 4.99 Å². The van der Waals surface area contributed by atoms with Crippen molar-refractivity contribution in [2.75, 3.05) is 26.3 Å². The fourth-order valence-corrected chi connectivity index (χ4v) is 3.92. The lowest BCUT2D eigenvalue weighted by Crippen LogP contribution is -2.68. The number of ether oxygens (including phenoxy) is 2. The van der Waals surface area contributed by atoms with Gasteiger partial charge in [-0.15, -0.1) is 24.0 Å². The van der Waals surface area contributed by atoms with E-state index in [0.29, 0.717) is 31.2 Å². The smallest absolute Gasteiger partial charge is 0.191 e. The number of guanidine groups is 1. The molecule has 5 nitrogen and oxygen atoms in total. The van der Waals surface area contributed by atoms with E-state index in [2.05, 4.69) is 36.4 Å². The molecule has 6 heteroatoms. The first-order chi connectivity index (χ1) is 11.6. The highest BCUT2D eigenvalue weighted by Gasteiger charge is 2.59. The zero-order chi connectivity index (χ0) is 17.0. The van der Waals surface area contributed by atoms with Crippen LogP contribution in [0.2, 0.25) is 0 Å². The van der Waals surface area contributed by atoms with E-state index in [1.165, 1.54) is 0 Å². The van der Waals surface area contributed by atoms with Crippen LogP contribution in [0.3, 0.4) is 0 Å². The molecular formula is C19H30IN3O2. The molecule has 1 aromatic carbocycles. The lowest BCUT2D eigenvalue weighted by Gasteiger charge is -2.54. The molecule has 0 radical (unpaired) electrons. The number of nitrogens with zero attached hydrogens (tertiary/aromatic N) is 1. The molecule has 3 rings (SSSR count). The Morgan fingerprint density at radius 2 is 2.08 bits per heavy atom. The molecule has 3 atom stereocenters. The largest absolute Gasteiger partial charge is 0.492 e. The number of fused-ring (bicyclic) bond motifs is 1. The molecule has 0 aromatic heterocycles. The second-order valence-corrected chi connectivity index (χ2v) is 7.11. The summed E-state index contributed by atoms with van der Waals surface area (Å²) in [7, 11) is 0. The van der Waals surface area contributed by atoms with Gasteiger partial charge in [0.05, 0.1) is 12.6 Å². The second kappa shape index (κ2) is 9.07. The summed E-state index contributed by atoms with van der Waals surface area (Å²) in [6.07, 6.45) is 1.53. The molecule has 1 aromatic rings. The molecule has 0 bridgehead atoms. The van der Waals surface area contributed by atoms with Gasteiger partial charge in [-0.3, -0.25) is 0 Å². The van der Waals surface area contributed by atoms with Crippen molar-refractivity contribution < 1.29 is 9.47 Å². The van der Waals surface area contributed by atoms with Crippen LogP contribution in [0.15, 0.2) is 35.3 Å². The van der Waals surface area contributed by atoms with Crippen LogP contribution in [0.1, 0.15) is 27.2 Å². The lowest BCUT2D eigenvalue weighted by molar-refractivity contribution is -0.106. The van der Waals surface area contributed by atoms with Gasteiger partial charge in [0.1, 0.15) is 12.4 Å². The first-order valence-corrected chi connectivity index (χ1v) is 8.97. The van der Waals surface area contributed by atoms with Gasteiger partial charge < -0.3 is 20.1 Å². The van der Waals surface area contributed by atoms with Crippen LogP contribution in [0.4, 0.5) is 0 Å². The third-order valence-corrected chi connectivity index (χ3v) is 5.11. The van der Waals surface area contributed by atoms with Crippen molar-refractivity contribution >= 4 is 29.9 Å². The van der Waals surface area contributed by atoms with E-state index in [4.69, 9.17) is 9.47 Å². The molecule has 1 saturated carbocycles. The number of hydrogen-bond donors (Lipinski definition) is 2. The highest BCUT2D eigenvalue weighted by Crippen LogP contribution is 2.52. The zero-order valence-corrected chi connectivity index (χ0v) is 17.7. The maximum atomic E-state index is 5.87. The van der Waals surface area contributed by atoms with Gasteiger partial charge in [-0.1, -0.05) is 32.0 Å². The van der Waals surface area contributed by atoms with Crippen molar-refractivity contribution in [2.24, 2.45) is 16.3 Å². The molecule has 1 aliphatic heterocycles. The van der Waals surface area contributed by atoms with Crippen LogP contribution >= 0.6 is 24.0 Å². The third-order valence-electron chi connectivity index (χ3n) is 5.11. The number of para-hydroxylation sites is 1. The van der Waals surface area contributed by atoms with Crippen LogP contribution in [0, 0.1) is 11.3 Å². The summed E-state index contributed by atoms with van der Waals surface area (Å²) in [5.74, 6) is 2.36. The van der Waals surface area contributed by atoms with Gasteiger partial charge >= 0.3 is 0 Å². The van der Waals surface area contributed by atoms with Gasteiger partial charge in [0.25, 0.3) is 0 Å². The summed E-state index contributed by atoms with van der Waals surface area (Å²) in [4.78, 5) is 4.66. The fraction of sp³-hybridized carbons (Fsp3) is 0.632. The molecule has 25 heavy (non-hydrogen) atoms. The summed E-state index contributed by atoms with van der Waals surface area (Å²) in [5.41, 5.74) is 0.151. The van der Waals surface area contributed by atoms with Crippen molar-refractivity contribution in [1.29, 1.82) is 0 Å². The van der Waals surface area contributed by atoms with Gasteiger partial charge in [0.2, 0.25) is 0 Å². The van der Waals surface area contributed by atoms with E-state index < -0.39 is 0 Å². The Balaban J connectivity index is 0.00000225. The Morgan fingerprint density at radius 3 is 2.80 bits per heavy atom. The van der Waals surface area contributed by atoms with Gasteiger partial charge in [0, 0.05) is 30.5 Å². The molecule has 1 aliphatic carbocycles. The minimum absolute atomic E-state index is 0. The first-order valence-electron chi connectivity index (χ1n) is 8.97. The van der Waals surface area contributed by atoms with Gasteiger partial charge in [-0.2, -0.15) is 0 Å². The zero-order valence-electron chi connectivity index (χ0n) is 15.3. The topological polar surface area (TPSA) is 54.9 Å². The second-order valence-electron chi connectivity index (χ2n) is 7.11. The summed E-state index contributed by atoms with van der Waals surface area (Å²) in [5, 5.41) is 6.96. The maximum absolute atomic E-state index is 5.87. The van der Waals surface area contributed by atoms with Gasteiger partial charge in [-0.05, 0) is 25.5 Å². The molecular weight excluding hydrogens is 429 g/mol. The predicted octanol–water partition coefficient (Wildman–Crippen LogP) is 3.05. The number of aliphatic imine (C=N–C) groups is 1. The summed E-state index contributed by atoms with van der Waals surface area (Å²) in [6.45, 7) is 9.58. The molecule has 140 valence electrons. The van der Waals surface area contributed by atoms with Crippen molar-refractivity contribution in [2.45, 2.75) is 39.3 Å². The quantitative estimate of drug-likeness (QED) is 0.297. The Hall–Kier alpha value is -1.02. The number of halogens is 1. The summed E-state index contributed by atoms with van der Waals surface area (Å²) >= 11 is 0. The normalized spacial score (nSPS) is 26.8. The van der Waals surface area contributed by atoms with E-state index in [-0.39, 0.29) is 29.4 Å². The molecule has 0 spiro atoms. The molecule has 1 heterocycles. The van der Waals surface area contributed by atoms with Crippen molar-refractivity contribution in [3.8, 4) is 5.75 Å². The van der Waals surface area contributed by atoms with E-state index in [1.807, 2.05) is 30.3 Å². The van der Waals surface area contributed by atoms with Crippen LogP contribution in [-0.2, 0) is 4.74 Å². The molecule has 1 saturated heterocycles. The number of benzene rings is 1. The van der Waals surface area contributed by atoms with Gasteiger partial charge in [0.15, 0.2) is 5.96 Å². The fourth-order valence-electron chi connectivity index (χ4n) is 3.92. The van der Waals surface area contributed by atoms with Crippen LogP contribution < -0.4 is 15.4 Å². The average molecular weight is 459 g/mol. The Kier molecular flexibility index (Phi) is 7.37. The van der Waals surface area contributed by atoms with E-state index in [1.54, 1.807) is 0 Å². The van der Waals surface area contributed by atoms with Crippen molar-refractivity contribution in [1.82, 2.24) is 10.6 Å². The van der Waals surface area contributed by atoms with E-state index >= 15 is 0 Å². The summed E-state index contributed by atoms with van der Waals surface area (Å²) in [6, 6.07) is 10.3. The monoisotopic (exact) mass is 459 g/mol. The standard InChI is InChI=1S/C19H29N3O2.HI/c1-4-20-18(21-11-13-23-14-8-6-5-7-9-14)22-16-15-10-12-24-17(15)19(16,2)3;/h5-9,15-17H,4,10-13H2,1-3H3,(H2,20,21,22);1H. The Morgan fingerprint density at radius 1 is 1.32 bits per heavy atom. The average Bonchev–Trinajstić information content (AvgIpc) is 3.04. The third kappa shape index (κ3) is 4.58. The Labute approximate surface area is 168 Å². The molecule has 2 aliphatic rings. The minimum atomic E-state index is 0. The number of nitrogens with one attached hydrogen (secondary N) is 2. The molecule has 2 N–H and O–H groups in total. The SMILES string of the molecule is CCNC(=NCCOc1ccccc1)NC1C2CCOC2C1(C)C.I. The van der Waals surface area contributed by atoms with Crippen molar-refractivity contribution in [3.05, 3.63) is 30.3 Å². The van der Waals surface area contributed by atoms with Crippen molar-refractivity contribution in [3.63, 3.8) is 0 Å². The Bertz CT molecular complexity index is 565. The van der Waals surface area contributed by atoms with E-state index in [9.17, 15) is 0 Å². The minimum Gasteiger partial charge on any atom is -0.492 e. The highest BCUT2D eigenvalue weighted by atomic mass is 127. The molecule has 0 amide bonds. The number of rotatable bonds is 6. The molecule has 3 unspecified atom stereocenters. The highest BCUT2D eigenvalue weighted by molar-refractivity contribution is 14.0.